The number of Topliss-reactive ketones (excluding diaryl/α,β-unsaturated/α-hetero) is 1. The van der Waals surface area contributed by atoms with E-state index < -0.39 is 0 Å². The molecule has 42 heavy (non-hydrogen) atoms. The van der Waals surface area contributed by atoms with E-state index in [0.717, 1.165) is 50.3 Å². The maximum atomic E-state index is 12.7. The van der Waals surface area contributed by atoms with Crippen LogP contribution < -0.4 is 10.6 Å². The number of carbonyl (C=O) groups excluding carboxylic acids is 3. The van der Waals surface area contributed by atoms with E-state index in [0.29, 0.717) is 24.6 Å². The van der Waals surface area contributed by atoms with Crippen LogP contribution in [0.2, 0.25) is 0 Å². The highest BCUT2D eigenvalue weighted by molar-refractivity contribution is 8.76. The summed E-state index contributed by atoms with van der Waals surface area (Å²) >= 11 is 1.91. The molecule has 0 spiro atoms. The summed E-state index contributed by atoms with van der Waals surface area (Å²) in [5, 5.41) is 7.43. The van der Waals surface area contributed by atoms with Gasteiger partial charge in [0.15, 0.2) is 0 Å². The Morgan fingerprint density at radius 3 is 1.98 bits per heavy atom. The quantitative estimate of drug-likeness (QED) is 0.0564. The average molecular weight is 651 g/mol. The van der Waals surface area contributed by atoms with E-state index in [9.17, 15) is 14.4 Å². The van der Waals surface area contributed by atoms with E-state index in [4.69, 9.17) is 9.47 Å². The normalized spacial score (nSPS) is 13.5. The highest BCUT2D eigenvalue weighted by Crippen LogP contribution is 2.22. The van der Waals surface area contributed by atoms with Gasteiger partial charge >= 0.3 is 11.9 Å². The van der Waals surface area contributed by atoms with Crippen LogP contribution in [0, 0.1) is 11.3 Å². The maximum absolute atomic E-state index is 12.7. The predicted octanol–water partition coefficient (Wildman–Crippen LogP) is 7.32. The zero-order valence-corrected chi connectivity index (χ0v) is 30.4. The fourth-order valence-corrected chi connectivity index (χ4v) is 6.77. The predicted molar refractivity (Wildman–Crippen MR) is 185 cm³/mol. The van der Waals surface area contributed by atoms with E-state index >= 15 is 0 Å². The van der Waals surface area contributed by atoms with Gasteiger partial charge in [-0.1, -0.05) is 62.1 Å². The van der Waals surface area contributed by atoms with Gasteiger partial charge in [-0.25, -0.2) is 0 Å². The van der Waals surface area contributed by atoms with Crippen molar-refractivity contribution in [3.05, 3.63) is 0 Å². The molecule has 0 fully saturated rings. The molecule has 0 saturated heterocycles. The number of unbranched alkanes of at least 4 members (excludes halogenated alkanes) is 1. The Balaban J connectivity index is 4.41. The summed E-state index contributed by atoms with van der Waals surface area (Å²) in [6.07, 6.45) is 9.72. The summed E-state index contributed by atoms with van der Waals surface area (Å²) in [5.41, 5.74) is 0.199. The molecule has 0 aromatic heterocycles. The van der Waals surface area contributed by atoms with Crippen LogP contribution in [-0.4, -0.2) is 79.1 Å². The summed E-state index contributed by atoms with van der Waals surface area (Å²) in [6.45, 7) is 17.5. The van der Waals surface area contributed by atoms with Crippen molar-refractivity contribution in [3.8, 4) is 0 Å². The van der Waals surface area contributed by atoms with Gasteiger partial charge in [-0.15, -0.1) is 0 Å². The average Bonchev–Trinajstić information content (AvgIpc) is 2.90. The minimum Gasteiger partial charge on any atom is -0.465 e. The summed E-state index contributed by atoms with van der Waals surface area (Å²) in [7, 11) is 3.68. The largest absolute Gasteiger partial charge is 0.465 e. The summed E-state index contributed by atoms with van der Waals surface area (Å²) < 4.78 is 11.0. The number of rotatable bonds is 26. The van der Waals surface area contributed by atoms with Gasteiger partial charge < -0.3 is 20.1 Å². The topological polar surface area (TPSA) is 93.7 Å². The van der Waals surface area contributed by atoms with E-state index in [2.05, 4.69) is 65.4 Å². The maximum Gasteiger partial charge on any atom is 0.307 e. The lowest BCUT2D eigenvalue weighted by atomic mass is 9.91. The van der Waals surface area contributed by atoms with Gasteiger partial charge in [0.25, 0.3) is 0 Å². The van der Waals surface area contributed by atoms with Crippen molar-refractivity contribution in [1.29, 1.82) is 0 Å². The van der Waals surface area contributed by atoms with Crippen molar-refractivity contribution >= 4 is 51.1 Å². The number of thioether (sulfide) groups is 1. The number of hydrogen-bond acceptors (Lipinski definition) is 10. The minimum absolute atomic E-state index is 0.0471. The summed E-state index contributed by atoms with van der Waals surface area (Å²) in [4.78, 5) is 37.4. The number of ketones is 1. The minimum atomic E-state index is -0.312. The van der Waals surface area contributed by atoms with Crippen molar-refractivity contribution in [2.45, 2.75) is 123 Å². The fourth-order valence-electron chi connectivity index (χ4n) is 4.04. The monoisotopic (exact) mass is 650 g/mol. The van der Waals surface area contributed by atoms with Gasteiger partial charge in [0.05, 0.1) is 19.6 Å². The molecule has 0 radical (unpaired) electrons. The number of esters is 2. The first-order valence-corrected chi connectivity index (χ1v) is 19.6. The molecule has 0 heterocycles. The Morgan fingerprint density at radius 1 is 0.786 bits per heavy atom. The van der Waals surface area contributed by atoms with Gasteiger partial charge in [-0.2, -0.15) is 11.8 Å². The Kier molecular flexibility index (Phi) is 24.6. The van der Waals surface area contributed by atoms with Crippen molar-refractivity contribution in [2.75, 3.05) is 50.6 Å². The van der Waals surface area contributed by atoms with E-state index in [1.807, 2.05) is 33.3 Å². The van der Waals surface area contributed by atoms with Crippen molar-refractivity contribution < 1.29 is 23.9 Å². The Morgan fingerprint density at radius 2 is 1.40 bits per heavy atom. The molecule has 0 bridgehead atoms. The molecule has 0 amide bonds. The molecule has 0 aliphatic carbocycles. The number of carbonyl (C=O) groups is 3. The van der Waals surface area contributed by atoms with Gasteiger partial charge in [0.2, 0.25) is 0 Å². The van der Waals surface area contributed by atoms with E-state index in [1.54, 1.807) is 0 Å². The van der Waals surface area contributed by atoms with Crippen LogP contribution in [0.4, 0.5) is 0 Å². The highest BCUT2D eigenvalue weighted by Gasteiger charge is 2.20. The molecule has 10 heteroatoms. The second-order valence-electron chi connectivity index (χ2n) is 13.2. The smallest absolute Gasteiger partial charge is 0.307 e. The second-order valence-corrected chi connectivity index (χ2v) is 17.1. The van der Waals surface area contributed by atoms with Crippen molar-refractivity contribution in [3.63, 3.8) is 0 Å². The molecule has 0 aromatic carbocycles. The van der Waals surface area contributed by atoms with E-state index in [-0.39, 0.29) is 60.6 Å². The van der Waals surface area contributed by atoms with Gasteiger partial charge in [0.1, 0.15) is 5.78 Å². The molecule has 2 atom stereocenters. The molecule has 0 aliphatic rings. The van der Waals surface area contributed by atoms with Gasteiger partial charge in [0, 0.05) is 67.1 Å². The first-order valence-electron chi connectivity index (χ1n) is 15.8. The van der Waals surface area contributed by atoms with Gasteiger partial charge in [-0.05, 0) is 58.1 Å². The molecule has 2 unspecified atom stereocenters. The Bertz CT molecular complexity index is 726. The van der Waals surface area contributed by atoms with Crippen LogP contribution >= 0.6 is 33.3 Å². The van der Waals surface area contributed by atoms with Crippen LogP contribution in [0.1, 0.15) is 113 Å². The third-order valence-electron chi connectivity index (χ3n) is 6.52. The van der Waals surface area contributed by atoms with Gasteiger partial charge in [-0.3, -0.25) is 14.4 Å². The SMILES string of the molecule is CCCC(CCCCC(=O)CC(COC(=O)CCNCCSSCCNC(C)(C)C)COC(=O)CCC(C)(C)C)SC. The van der Waals surface area contributed by atoms with Crippen LogP contribution in [0.3, 0.4) is 0 Å². The Hall–Kier alpha value is -0.420. The van der Waals surface area contributed by atoms with Crippen molar-refractivity contribution in [1.82, 2.24) is 10.6 Å². The zero-order valence-electron chi connectivity index (χ0n) is 27.9. The lowest BCUT2D eigenvalue weighted by molar-refractivity contribution is -0.150. The highest BCUT2D eigenvalue weighted by atomic mass is 33.1. The lowest BCUT2D eigenvalue weighted by Crippen LogP contribution is -2.37. The second kappa shape index (κ2) is 24.8. The van der Waals surface area contributed by atoms with Crippen LogP contribution in [-0.2, 0) is 23.9 Å². The first kappa shape index (κ1) is 41.6. The number of nitrogens with one attached hydrogen (secondary N) is 2. The molecule has 248 valence electrons. The van der Waals surface area contributed by atoms with E-state index in [1.165, 1.54) is 12.8 Å². The summed E-state index contributed by atoms with van der Waals surface area (Å²) in [6, 6.07) is 0. The van der Waals surface area contributed by atoms with Crippen molar-refractivity contribution in [2.24, 2.45) is 11.3 Å². The lowest BCUT2D eigenvalue weighted by Gasteiger charge is -2.20. The molecule has 0 rings (SSSR count). The molecular formula is C32H62N2O5S3. The first-order chi connectivity index (χ1) is 19.8. The van der Waals surface area contributed by atoms with Crippen LogP contribution in [0.25, 0.3) is 0 Å². The number of ether oxygens (including phenoxy) is 2. The third-order valence-corrected chi connectivity index (χ3v) is 10.1. The molecule has 0 aliphatic heterocycles. The Labute approximate surface area is 270 Å². The standard InChI is InChI=1S/C32H62N2O5S3/c1-9-12-28(40-8)14-11-10-13-27(35)23-26(24-38-29(36)15-17-31(2,3)4)25-39-30(37)16-18-33-19-21-41-42-22-20-34-32(5,6)7/h26,28,33-34H,9-25H2,1-8H3. The fraction of sp³-hybridized carbons (Fsp3) is 0.906. The third kappa shape index (κ3) is 28.4. The number of hydrogen-bond donors (Lipinski definition) is 2. The molecule has 0 saturated carbocycles. The molecule has 2 N–H and O–H groups in total. The zero-order chi connectivity index (χ0) is 31.9. The molecule has 0 aromatic rings. The molecular weight excluding hydrogens is 589 g/mol. The summed E-state index contributed by atoms with van der Waals surface area (Å²) in [5.74, 6) is 1.29. The van der Waals surface area contributed by atoms with Crippen LogP contribution in [0.5, 0.6) is 0 Å². The molecule has 7 nitrogen and oxygen atoms in total. The van der Waals surface area contributed by atoms with Crippen LogP contribution in [0.15, 0.2) is 0 Å².